The van der Waals surface area contributed by atoms with Crippen LogP contribution in [0.1, 0.15) is 72.1 Å². The summed E-state index contributed by atoms with van der Waals surface area (Å²) in [6.45, 7) is 6.70. The number of fused-ring (bicyclic) bond motifs is 5. The van der Waals surface area contributed by atoms with Gasteiger partial charge in [-0.05, 0) is 98.7 Å². The van der Waals surface area contributed by atoms with Gasteiger partial charge >= 0.3 is 0 Å². The van der Waals surface area contributed by atoms with Crippen molar-refractivity contribution in [2.24, 2.45) is 40.4 Å². The summed E-state index contributed by atoms with van der Waals surface area (Å²) in [5, 5.41) is 31.7. The highest BCUT2D eigenvalue weighted by Gasteiger charge is 2.63. The number of hydrogen-bond acceptors (Lipinski definition) is 3. The third-order valence-electron chi connectivity index (χ3n) is 9.22. The van der Waals surface area contributed by atoms with Crippen molar-refractivity contribution in [1.29, 1.82) is 0 Å². The smallest absolute Gasteiger partial charge is 0.0581 e. The molecule has 0 aromatic rings. The number of hydrogen-bond donors (Lipinski definition) is 3. The van der Waals surface area contributed by atoms with Crippen LogP contribution in [0.25, 0.3) is 0 Å². The van der Waals surface area contributed by atoms with Crippen LogP contribution in [0, 0.1) is 40.4 Å². The minimum atomic E-state index is -0.263. The zero-order chi connectivity index (χ0) is 17.3. The monoisotopic (exact) mass is 336 g/mol. The molecule has 24 heavy (non-hydrogen) atoms. The minimum Gasteiger partial charge on any atom is -0.393 e. The second-order valence-corrected chi connectivity index (χ2v) is 10.2. The molecular weight excluding hydrogens is 300 g/mol. The molecule has 0 amide bonds. The maximum atomic E-state index is 11.2. The van der Waals surface area contributed by atoms with E-state index < -0.39 is 0 Å². The van der Waals surface area contributed by atoms with Crippen molar-refractivity contribution in [2.45, 2.75) is 90.4 Å². The van der Waals surface area contributed by atoms with Gasteiger partial charge in [0.05, 0.1) is 18.3 Å². The van der Waals surface area contributed by atoms with Gasteiger partial charge in [-0.15, -0.1) is 0 Å². The molecule has 0 saturated heterocycles. The third kappa shape index (κ3) is 2.27. The first-order valence-electron chi connectivity index (χ1n) is 10.3. The highest BCUT2D eigenvalue weighted by atomic mass is 16.3. The molecule has 0 aromatic heterocycles. The molecule has 3 nitrogen and oxygen atoms in total. The molecule has 4 saturated carbocycles. The van der Waals surface area contributed by atoms with Crippen molar-refractivity contribution in [3.8, 4) is 0 Å². The van der Waals surface area contributed by atoms with E-state index in [-0.39, 0.29) is 29.1 Å². The van der Waals surface area contributed by atoms with Crippen LogP contribution in [-0.2, 0) is 0 Å². The van der Waals surface area contributed by atoms with Crippen LogP contribution in [0.15, 0.2) is 0 Å². The molecule has 2 unspecified atom stereocenters. The van der Waals surface area contributed by atoms with Gasteiger partial charge < -0.3 is 15.3 Å². The van der Waals surface area contributed by atoms with Gasteiger partial charge in [-0.3, -0.25) is 0 Å². The molecule has 10 atom stereocenters. The SMILES string of the molecule is C[C@@H](O)[C@H]1CC[C@H]2[C@@H]3CCC4CC(O)CC[C@]4(C)[C@H]3[C@@H](O)C[C@]12C. The van der Waals surface area contributed by atoms with Gasteiger partial charge in [0.25, 0.3) is 0 Å². The van der Waals surface area contributed by atoms with Crippen molar-refractivity contribution in [1.82, 2.24) is 0 Å². The van der Waals surface area contributed by atoms with Crippen molar-refractivity contribution >= 4 is 0 Å². The van der Waals surface area contributed by atoms with E-state index in [4.69, 9.17) is 0 Å². The number of rotatable bonds is 1. The van der Waals surface area contributed by atoms with Crippen LogP contribution in [0.3, 0.4) is 0 Å². The highest BCUT2D eigenvalue weighted by Crippen LogP contribution is 2.67. The Morgan fingerprint density at radius 1 is 0.958 bits per heavy atom. The summed E-state index contributed by atoms with van der Waals surface area (Å²) >= 11 is 0. The summed E-state index contributed by atoms with van der Waals surface area (Å²) in [6, 6.07) is 0. The van der Waals surface area contributed by atoms with Gasteiger partial charge in [-0.1, -0.05) is 13.8 Å². The van der Waals surface area contributed by atoms with Crippen LogP contribution in [-0.4, -0.2) is 33.6 Å². The Morgan fingerprint density at radius 3 is 2.42 bits per heavy atom. The second-order valence-electron chi connectivity index (χ2n) is 10.2. The van der Waals surface area contributed by atoms with Crippen LogP contribution >= 0.6 is 0 Å². The van der Waals surface area contributed by atoms with Crippen LogP contribution in [0.2, 0.25) is 0 Å². The summed E-state index contributed by atoms with van der Waals surface area (Å²) < 4.78 is 0. The molecule has 0 aliphatic heterocycles. The summed E-state index contributed by atoms with van der Waals surface area (Å²) in [4.78, 5) is 0. The molecule has 0 aromatic carbocycles. The van der Waals surface area contributed by atoms with E-state index >= 15 is 0 Å². The lowest BCUT2D eigenvalue weighted by Gasteiger charge is -2.62. The molecule has 0 bridgehead atoms. The lowest BCUT2D eigenvalue weighted by atomic mass is 9.44. The topological polar surface area (TPSA) is 60.7 Å². The van der Waals surface area contributed by atoms with Crippen LogP contribution in [0.4, 0.5) is 0 Å². The fourth-order valence-corrected chi connectivity index (χ4v) is 8.19. The van der Waals surface area contributed by atoms with Gasteiger partial charge in [-0.2, -0.15) is 0 Å². The zero-order valence-corrected chi connectivity index (χ0v) is 15.6. The molecule has 4 aliphatic carbocycles. The molecule has 3 N–H and O–H groups in total. The Labute approximate surface area is 146 Å². The van der Waals surface area contributed by atoms with E-state index in [0.29, 0.717) is 29.6 Å². The first-order valence-corrected chi connectivity index (χ1v) is 10.3. The van der Waals surface area contributed by atoms with Crippen LogP contribution in [0.5, 0.6) is 0 Å². The van der Waals surface area contributed by atoms with E-state index in [9.17, 15) is 15.3 Å². The maximum absolute atomic E-state index is 11.2. The van der Waals surface area contributed by atoms with E-state index in [1.54, 1.807) is 0 Å². The number of aliphatic hydroxyl groups excluding tert-OH is 3. The van der Waals surface area contributed by atoms with Gasteiger partial charge in [0.2, 0.25) is 0 Å². The van der Waals surface area contributed by atoms with E-state index in [0.717, 1.165) is 32.1 Å². The Morgan fingerprint density at radius 2 is 1.71 bits per heavy atom. The largest absolute Gasteiger partial charge is 0.393 e. The summed E-state index contributed by atoms with van der Waals surface area (Å²) in [5.41, 5.74) is 0.304. The fraction of sp³-hybridized carbons (Fsp3) is 1.00. The summed E-state index contributed by atoms with van der Waals surface area (Å²) in [7, 11) is 0. The highest BCUT2D eigenvalue weighted by molar-refractivity contribution is 5.12. The molecule has 138 valence electrons. The summed E-state index contributed by atoms with van der Waals surface area (Å²) in [6.07, 6.45) is 7.91. The number of aliphatic hydroxyl groups is 3. The minimum absolute atomic E-state index is 0.103. The van der Waals surface area contributed by atoms with Gasteiger partial charge in [0.1, 0.15) is 0 Å². The van der Waals surface area contributed by atoms with Gasteiger partial charge in [-0.25, -0.2) is 0 Å². The Balaban J connectivity index is 1.66. The summed E-state index contributed by atoms with van der Waals surface area (Å²) in [5.74, 6) is 2.59. The fourth-order valence-electron chi connectivity index (χ4n) is 8.19. The van der Waals surface area contributed by atoms with E-state index in [1.165, 1.54) is 19.3 Å². The Bertz CT molecular complexity index is 491. The average Bonchev–Trinajstić information content (AvgIpc) is 2.84. The second kappa shape index (κ2) is 5.69. The lowest BCUT2D eigenvalue weighted by molar-refractivity contribution is -0.181. The molecule has 0 heterocycles. The molecule has 4 rings (SSSR count). The van der Waals surface area contributed by atoms with Gasteiger partial charge in [0.15, 0.2) is 0 Å². The normalized spacial score (nSPS) is 58.5. The van der Waals surface area contributed by atoms with Gasteiger partial charge in [0, 0.05) is 0 Å². The molecule has 0 radical (unpaired) electrons. The Hall–Kier alpha value is -0.120. The third-order valence-corrected chi connectivity index (χ3v) is 9.22. The van der Waals surface area contributed by atoms with Crippen molar-refractivity contribution in [2.75, 3.05) is 0 Å². The van der Waals surface area contributed by atoms with E-state index in [1.807, 2.05) is 6.92 Å². The molecular formula is C21H36O3. The predicted octanol–water partition coefficient (Wildman–Crippen LogP) is 3.36. The molecule has 0 spiro atoms. The molecule has 3 heteroatoms. The first kappa shape index (κ1) is 17.3. The van der Waals surface area contributed by atoms with Crippen molar-refractivity contribution in [3.05, 3.63) is 0 Å². The maximum Gasteiger partial charge on any atom is 0.0581 e. The molecule has 4 aliphatic rings. The zero-order valence-electron chi connectivity index (χ0n) is 15.6. The van der Waals surface area contributed by atoms with Crippen molar-refractivity contribution in [3.63, 3.8) is 0 Å². The molecule has 4 fully saturated rings. The van der Waals surface area contributed by atoms with Crippen molar-refractivity contribution < 1.29 is 15.3 Å². The first-order chi connectivity index (χ1) is 11.3. The Kier molecular flexibility index (Phi) is 4.10. The lowest BCUT2D eigenvalue weighted by Crippen LogP contribution is -2.59. The van der Waals surface area contributed by atoms with E-state index in [2.05, 4.69) is 13.8 Å². The van der Waals surface area contributed by atoms with Crippen LogP contribution < -0.4 is 0 Å². The predicted molar refractivity (Wildman–Crippen MR) is 94.3 cm³/mol. The average molecular weight is 337 g/mol. The quantitative estimate of drug-likeness (QED) is 0.688. The standard InChI is InChI=1S/C21H36O3/c1-12(22)16-6-7-17-15-5-4-13-10-14(23)8-9-20(13,2)19(15)18(24)11-21(16,17)3/h12-19,22-24H,4-11H2,1-3H3/t12-,13?,14?,15+,16-,17+,18+,19-,20+,21-/m1/s1.